The van der Waals surface area contributed by atoms with E-state index < -0.39 is 28.5 Å². The van der Waals surface area contributed by atoms with Gasteiger partial charge in [-0.1, -0.05) is 42.0 Å². The van der Waals surface area contributed by atoms with Gasteiger partial charge in [-0.3, -0.25) is 13.9 Å². The zero-order chi connectivity index (χ0) is 23.3. The average Bonchev–Trinajstić information content (AvgIpc) is 2.71. The Kier molecular flexibility index (Phi) is 7.84. The predicted octanol–water partition coefficient (Wildman–Crippen LogP) is 2.54. The minimum Gasteiger partial charge on any atom is -0.357 e. The number of nitrogens with one attached hydrogen (secondary N) is 1. The molecule has 0 bridgehead atoms. The molecule has 0 saturated heterocycles. The minimum atomic E-state index is -3.73. The lowest BCUT2D eigenvalue weighted by molar-refractivity contribution is -0.139. The summed E-state index contributed by atoms with van der Waals surface area (Å²) >= 11 is 0. The van der Waals surface area contributed by atoms with Gasteiger partial charge in [-0.2, -0.15) is 0 Å². The standard InChI is InChI=1S/C23H31N3O4S/c1-16-8-11-20(12-9-16)14-25(19(4)23(28)24-5)22(27)15-26(31(6,29)30)21-13-17(2)7-10-18(21)3/h7-13,19H,14-15H2,1-6H3,(H,24,28). The zero-order valence-corrected chi connectivity index (χ0v) is 19.8. The number of aryl methyl sites for hydroxylation is 3. The summed E-state index contributed by atoms with van der Waals surface area (Å²) in [4.78, 5) is 27.1. The second-order valence-corrected chi connectivity index (χ2v) is 9.76. The number of sulfonamides is 1. The van der Waals surface area contributed by atoms with E-state index in [0.29, 0.717) is 5.69 Å². The highest BCUT2D eigenvalue weighted by Gasteiger charge is 2.30. The number of hydrogen-bond acceptors (Lipinski definition) is 4. The summed E-state index contributed by atoms with van der Waals surface area (Å²) < 4.78 is 26.3. The van der Waals surface area contributed by atoms with Gasteiger partial charge in [0.15, 0.2) is 0 Å². The van der Waals surface area contributed by atoms with Crippen LogP contribution in [0.1, 0.15) is 29.2 Å². The van der Waals surface area contributed by atoms with E-state index in [1.165, 1.54) is 11.9 Å². The van der Waals surface area contributed by atoms with Gasteiger partial charge >= 0.3 is 0 Å². The van der Waals surface area contributed by atoms with Crippen LogP contribution in [0.2, 0.25) is 0 Å². The van der Waals surface area contributed by atoms with Crippen LogP contribution in [0.15, 0.2) is 42.5 Å². The van der Waals surface area contributed by atoms with Crippen LogP contribution in [-0.4, -0.2) is 51.0 Å². The molecule has 2 aromatic carbocycles. The third-order valence-electron chi connectivity index (χ3n) is 5.20. The highest BCUT2D eigenvalue weighted by Crippen LogP contribution is 2.24. The molecule has 0 aliphatic carbocycles. The fourth-order valence-electron chi connectivity index (χ4n) is 3.26. The number of benzene rings is 2. The second-order valence-electron chi connectivity index (χ2n) is 7.86. The molecule has 7 nitrogen and oxygen atoms in total. The molecule has 0 saturated carbocycles. The molecule has 2 amide bonds. The van der Waals surface area contributed by atoms with Crippen molar-refractivity contribution in [3.05, 3.63) is 64.7 Å². The van der Waals surface area contributed by atoms with Crippen LogP contribution in [0.5, 0.6) is 0 Å². The molecule has 0 aliphatic heterocycles. The second kappa shape index (κ2) is 9.96. The van der Waals surface area contributed by atoms with E-state index in [4.69, 9.17) is 0 Å². The Morgan fingerprint density at radius 1 is 1.00 bits per heavy atom. The summed E-state index contributed by atoms with van der Waals surface area (Å²) in [5, 5.41) is 2.56. The molecular weight excluding hydrogens is 414 g/mol. The Hall–Kier alpha value is -2.87. The first-order valence-corrected chi connectivity index (χ1v) is 11.9. The SMILES string of the molecule is CNC(=O)C(C)N(Cc1ccc(C)cc1)C(=O)CN(c1cc(C)ccc1C)S(C)(=O)=O. The summed E-state index contributed by atoms with van der Waals surface area (Å²) in [7, 11) is -2.22. The van der Waals surface area contributed by atoms with Crippen molar-refractivity contribution in [3.63, 3.8) is 0 Å². The highest BCUT2D eigenvalue weighted by atomic mass is 32.2. The first-order chi connectivity index (χ1) is 14.4. The molecule has 0 aromatic heterocycles. The van der Waals surface area contributed by atoms with Crippen LogP contribution < -0.4 is 9.62 Å². The highest BCUT2D eigenvalue weighted by molar-refractivity contribution is 7.92. The molecule has 0 fully saturated rings. The Labute approximate surface area is 185 Å². The van der Waals surface area contributed by atoms with E-state index in [1.54, 1.807) is 19.9 Å². The molecule has 1 atom stereocenters. The summed E-state index contributed by atoms with van der Waals surface area (Å²) in [5.74, 6) is -0.777. The van der Waals surface area contributed by atoms with Crippen molar-refractivity contribution < 1.29 is 18.0 Å². The maximum atomic E-state index is 13.3. The zero-order valence-electron chi connectivity index (χ0n) is 19.0. The number of rotatable bonds is 8. The van der Waals surface area contributed by atoms with Gasteiger partial charge in [-0.05, 0) is 50.5 Å². The van der Waals surface area contributed by atoms with Gasteiger partial charge in [0.1, 0.15) is 12.6 Å². The van der Waals surface area contributed by atoms with Crippen molar-refractivity contribution in [2.75, 3.05) is 24.2 Å². The van der Waals surface area contributed by atoms with E-state index >= 15 is 0 Å². The van der Waals surface area contributed by atoms with Gasteiger partial charge in [0.2, 0.25) is 21.8 Å². The first kappa shape index (κ1) is 24.4. The minimum absolute atomic E-state index is 0.193. The Morgan fingerprint density at radius 3 is 2.13 bits per heavy atom. The maximum absolute atomic E-state index is 13.3. The van der Waals surface area contributed by atoms with Gasteiger partial charge in [0.05, 0.1) is 11.9 Å². The number of likely N-dealkylation sites (N-methyl/N-ethyl adjacent to an activating group) is 1. The van der Waals surface area contributed by atoms with Gasteiger partial charge in [-0.25, -0.2) is 8.42 Å². The maximum Gasteiger partial charge on any atom is 0.244 e. The van der Waals surface area contributed by atoms with Crippen molar-refractivity contribution in [2.45, 2.75) is 40.3 Å². The molecule has 2 aromatic rings. The van der Waals surface area contributed by atoms with Crippen LogP contribution >= 0.6 is 0 Å². The van der Waals surface area contributed by atoms with Crippen LogP contribution in [0.25, 0.3) is 0 Å². The van der Waals surface area contributed by atoms with E-state index in [9.17, 15) is 18.0 Å². The Bertz CT molecular complexity index is 1050. The molecule has 1 unspecified atom stereocenters. The van der Waals surface area contributed by atoms with E-state index in [0.717, 1.165) is 32.8 Å². The lowest BCUT2D eigenvalue weighted by Crippen LogP contribution is -2.50. The molecule has 31 heavy (non-hydrogen) atoms. The largest absolute Gasteiger partial charge is 0.357 e. The molecule has 0 spiro atoms. The summed E-state index contributed by atoms with van der Waals surface area (Å²) in [6.07, 6.45) is 1.08. The molecule has 0 heterocycles. The van der Waals surface area contributed by atoms with Gasteiger partial charge in [-0.15, -0.1) is 0 Å². The topological polar surface area (TPSA) is 86.8 Å². The smallest absolute Gasteiger partial charge is 0.244 e. The van der Waals surface area contributed by atoms with Crippen molar-refractivity contribution in [1.82, 2.24) is 10.2 Å². The normalized spacial score (nSPS) is 12.2. The molecule has 2 rings (SSSR count). The number of amides is 2. The van der Waals surface area contributed by atoms with Crippen LogP contribution in [0, 0.1) is 20.8 Å². The van der Waals surface area contributed by atoms with Crippen molar-refractivity contribution in [3.8, 4) is 0 Å². The lowest BCUT2D eigenvalue weighted by atomic mass is 10.1. The lowest BCUT2D eigenvalue weighted by Gasteiger charge is -2.31. The molecule has 168 valence electrons. The summed E-state index contributed by atoms with van der Waals surface area (Å²) in [5.41, 5.74) is 4.02. The van der Waals surface area contributed by atoms with Gasteiger partial charge in [0.25, 0.3) is 0 Å². The Morgan fingerprint density at radius 2 is 1.58 bits per heavy atom. The number of carbonyl (C=O) groups excluding carboxylic acids is 2. The number of carbonyl (C=O) groups is 2. The van der Waals surface area contributed by atoms with Crippen LogP contribution in [0.4, 0.5) is 5.69 Å². The van der Waals surface area contributed by atoms with Gasteiger partial charge in [0, 0.05) is 13.6 Å². The van der Waals surface area contributed by atoms with E-state index in [1.807, 2.05) is 50.2 Å². The molecule has 8 heteroatoms. The fraction of sp³-hybridized carbons (Fsp3) is 0.391. The summed E-state index contributed by atoms with van der Waals surface area (Å²) in [6, 6.07) is 12.3. The van der Waals surface area contributed by atoms with E-state index in [-0.39, 0.29) is 12.5 Å². The summed E-state index contributed by atoms with van der Waals surface area (Å²) in [6.45, 7) is 7.06. The van der Waals surface area contributed by atoms with Crippen molar-refractivity contribution in [1.29, 1.82) is 0 Å². The number of nitrogens with zero attached hydrogens (tertiary/aromatic N) is 2. The van der Waals surface area contributed by atoms with Gasteiger partial charge < -0.3 is 10.2 Å². The number of anilines is 1. The monoisotopic (exact) mass is 445 g/mol. The average molecular weight is 446 g/mol. The Balaban J connectivity index is 2.42. The molecule has 0 radical (unpaired) electrons. The molecule has 1 N–H and O–H groups in total. The quantitative estimate of drug-likeness (QED) is 0.677. The van der Waals surface area contributed by atoms with Crippen LogP contribution in [0.3, 0.4) is 0 Å². The first-order valence-electron chi connectivity index (χ1n) is 10.1. The third kappa shape index (κ3) is 6.30. The predicted molar refractivity (Wildman–Crippen MR) is 123 cm³/mol. The third-order valence-corrected chi connectivity index (χ3v) is 6.33. The van der Waals surface area contributed by atoms with Crippen molar-refractivity contribution >= 4 is 27.5 Å². The van der Waals surface area contributed by atoms with E-state index in [2.05, 4.69) is 5.32 Å². The van der Waals surface area contributed by atoms with Crippen molar-refractivity contribution in [2.24, 2.45) is 0 Å². The van der Waals surface area contributed by atoms with Crippen LogP contribution in [-0.2, 0) is 26.2 Å². The molecule has 0 aliphatic rings. The molecular formula is C23H31N3O4S. The number of hydrogen-bond donors (Lipinski definition) is 1. The fourth-order valence-corrected chi connectivity index (χ4v) is 4.16.